The summed E-state index contributed by atoms with van der Waals surface area (Å²) in [4.78, 5) is 25.1. The Hall–Kier alpha value is -1.69. The van der Waals surface area contributed by atoms with Crippen molar-refractivity contribution in [3.8, 4) is 0 Å². The van der Waals surface area contributed by atoms with Crippen LogP contribution in [0.5, 0.6) is 0 Å². The molecule has 0 fully saturated rings. The molecule has 0 atom stereocenters. The van der Waals surface area contributed by atoms with E-state index in [1.54, 1.807) is 0 Å². The SMILES string of the molecule is CCCNC(=O)c1cc(Cl)ncc1[N+](=O)[O-]. The van der Waals surface area contributed by atoms with Crippen molar-refractivity contribution in [1.29, 1.82) is 0 Å². The molecule has 0 radical (unpaired) electrons. The molecule has 0 saturated heterocycles. The number of nitro groups is 1. The van der Waals surface area contributed by atoms with Gasteiger partial charge in [-0.05, 0) is 12.5 Å². The van der Waals surface area contributed by atoms with E-state index in [2.05, 4.69) is 10.3 Å². The number of nitrogens with zero attached hydrogens (tertiary/aromatic N) is 2. The van der Waals surface area contributed by atoms with Crippen LogP contribution in [0, 0.1) is 10.1 Å². The van der Waals surface area contributed by atoms with Gasteiger partial charge in [0.25, 0.3) is 11.6 Å². The predicted molar refractivity (Wildman–Crippen MR) is 58.5 cm³/mol. The Morgan fingerprint density at radius 2 is 2.38 bits per heavy atom. The number of aromatic nitrogens is 1. The zero-order chi connectivity index (χ0) is 12.1. The third-order valence-corrected chi connectivity index (χ3v) is 2.03. The largest absolute Gasteiger partial charge is 0.352 e. The maximum absolute atomic E-state index is 11.6. The molecule has 0 aliphatic heterocycles. The summed E-state index contributed by atoms with van der Waals surface area (Å²) in [7, 11) is 0. The summed E-state index contributed by atoms with van der Waals surface area (Å²) in [5.41, 5.74) is -0.420. The lowest BCUT2D eigenvalue weighted by atomic mass is 10.2. The lowest BCUT2D eigenvalue weighted by molar-refractivity contribution is -0.385. The number of nitrogens with one attached hydrogen (secondary N) is 1. The van der Waals surface area contributed by atoms with Gasteiger partial charge in [0.05, 0.1) is 4.92 Å². The molecule has 0 spiro atoms. The van der Waals surface area contributed by atoms with Gasteiger partial charge < -0.3 is 5.32 Å². The van der Waals surface area contributed by atoms with E-state index in [9.17, 15) is 14.9 Å². The van der Waals surface area contributed by atoms with Crippen molar-refractivity contribution >= 4 is 23.2 Å². The van der Waals surface area contributed by atoms with Gasteiger partial charge in [0.1, 0.15) is 16.9 Å². The van der Waals surface area contributed by atoms with Crippen molar-refractivity contribution in [3.05, 3.63) is 33.1 Å². The summed E-state index contributed by atoms with van der Waals surface area (Å²) in [6.45, 7) is 2.34. The number of pyridine rings is 1. The molecule has 0 unspecified atom stereocenters. The fourth-order valence-corrected chi connectivity index (χ4v) is 1.24. The van der Waals surface area contributed by atoms with Crippen molar-refractivity contribution in [2.45, 2.75) is 13.3 Å². The molecule has 0 aliphatic carbocycles. The van der Waals surface area contributed by atoms with Crippen LogP contribution in [0.1, 0.15) is 23.7 Å². The molecule has 0 saturated carbocycles. The van der Waals surface area contributed by atoms with Crippen LogP contribution in [0.15, 0.2) is 12.3 Å². The van der Waals surface area contributed by atoms with Crippen LogP contribution in [0.3, 0.4) is 0 Å². The molecule has 0 bridgehead atoms. The van der Waals surface area contributed by atoms with Crippen molar-refractivity contribution in [2.24, 2.45) is 0 Å². The van der Waals surface area contributed by atoms with Crippen LogP contribution < -0.4 is 5.32 Å². The number of halogens is 1. The zero-order valence-corrected chi connectivity index (χ0v) is 9.32. The Labute approximate surface area is 96.8 Å². The van der Waals surface area contributed by atoms with Crippen molar-refractivity contribution in [2.75, 3.05) is 6.54 Å². The first kappa shape index (κ1) is 12.4. The number of amides is 1. The normalized spacial score (nSPS) is 9.88. The second-order valence-electron chi connectivity index (χ2n) is 3.04. The first-order valence-corrected chi connectivity index (χ1v) is 5.02. The molecule has 1 aromatic rings. The summed E-state index contributed by atoms with van der Waals surface area (Å²) in [5, 5.41) is 13.2. The molecule has 1 rings (SSSR count). The minimum absolute atomic E-state index is 0.0484. The topological polar surface area (TPSA) is 85.1 Å². The third kappa shape index (κ3) is 2.90. The smallest absolute Gasteiger partial charge is 0.300 e. The monoisotopic (exact) mass is 243 g/mol. The molecule has 1 heterocycles. The molecule has 6 nitrogen and oxygen atoms in total. The molecule has 86 valence electrons. The summed E-state index contributed by atoms with van der Waals surface area (Å²) in [5.74, 6) is -0.516. The number of hydrogen-bond acceptors (Lipinski definition) is 4. The van der Waals surface area contributed by atoms with Crippen LogP contribution in [-0.2, 0) is 0 Å². The molecule has 7 heteroatoms. The standard InChI is InChI=1S/C9H10ClN3O3/c1-2-3-11-9(14)6-4-8(10)12-5-7(6)13(15)16/h4-5H,2-3H2,1H3,(H,11,14). The minimum atomic E-state index is -0.663. The predicted octanol–water partition coefficient (Wildman–Crippen LogP) is 1.78. The highest BCUT2D eigenvalue weighted by Crippen LogP contribution is 2.19. The second-order valence-corrected chi connectivity index (χ2v) is 3.42. The first-order valence-electron chi connectivity index (χ1n) is 4.64. The van der Waals surface area contributed by atoms with E-state index in [0.29, 0.717) is 6.54 Å². The van der Waals surface area contributed by atoms with Gasteiger partial charge in [-0.3, -0.25) is 14.9 Å². The van der Waals surface area contributed by atoms with Gasteiger partial charge in [-0.15, -0.1) is 0 Å². The molecular weight excluding hydrogens is 234 g/mol. The molecule has 16 heavy (non-hydrogen) atoms. The van der Waals surface area contributed by atoms with E-state index in [1.165, 1.54) is 6.07 Å². The highest BCUT2D eigenvalue weighted by molar-refractivity contribution is 6.29. The van der Waals surface area contributed by atoms with Gasteiger partial charge in [-0.25, -0.2) is 4.98 Å². The molecule has 1 amide bonds. The lowest BCUT2D eigenvalue weighted by Gasteiger charge is -2.04. The summed E-state index contributed by atoms with van der Waals surface area (Å²) in [6, 6.07) is 1.19. The molecule has 1 aromatic heterocycles. The number of hydrogen-bond donors (Lipinski definition) is 1. The molecule has 1 N–H and O–H groups in total. The van der Waals surface area contributed by atoms with E-state index in [0.717, 1.165) is 12.6 Å². The Balaban J connectivity index is 3.04. The van der Waals surface area contributed by atoms with Gasteiger partial charge in [0.15, 0.2) is 0 Å². The average molecular weight is 244 g/mol. The van der Waals surface area contributed by atoms with Crippen LogP contribution in [0.25, 0.3) is 0 Å². The van der Waals surface area contributed by atoms with E-state index in [4.69, 9.17) is 11.6 Å². The number of rotatable bonds is 4. The quantitative estimate of drug-likeness (QED) is 0.496. The van der Waals surface area contributed by atoms with Crippen molar-refractivity contribution in [3.63, 3.8) is 0 Å². The van der Waals surface area contributed by atoms with Crippen LogP contribution in [0.2, 0.25) is 5.15 Å². The maximum atomic E-state index is 11.6. The molecule has 0 aliphatic rings. The number of carbonyl (C=O) groups excluding carboxylic acids is 1. The van der Waals surface area contributed by atoms with Gasteiger partial charge in [0.2, 0.25) is 0 Å². The lowest BCUT2D eigenvalue weighted by Crippen LogP contribution is -2.24. The fourth-order valence-electron chi connectivity index (χ4n) is 1.08. The van der Waals surface area contributed by atoms with E-state index < -0.39 is 10.8 Å². The van der Waals surface area contributed by atoms with Gasteiger partial charge in [-0.1, -0.05) is 18.5 Å². The maximum Gasteiger partial charge on any atom is 0.300 e. The second kappa shape index (κ2) is 5.41. The highest BCUT2D eigenvalue weighted by Gasteiger charge is 2.20. The Bertz CT molecular complexity index is 422. The zero-order valence-electron chi connectivity index (χ0n) is 8.57. The van der Waals surface area contributed by atoms with E-state index in [-0.39, 0.29) is 16.4 Å². The van der Waals surface area contributed by atoms with E-state index in [1.807, 2.05) is 6.92 Å². The van der Waals surface area contributed by atoms with Gasteiger partial charge in [0, 0.05) is 6.54 Å². The van der Waals surface area contributed by atoms with Crippen molar-refractivity contribution in [1.82, 2.24) is 10.3 Å². The van der Waals surface area contributed by atoms with Crippen LogP contribution in [-0.4, -0.2) is 22.4 Å². The number of carbonyl (C=O) groups is 1. The minimum Gasteiger partial charge on any atom is -0.352 e. The van der Waals surface area contributed by atoms with Gasteiger partial charge >= 0.3 is 0 Å². The Morgan fingerprint density at radius 3 is 2.94 bits per heavy atom. The van der Waals surface area contributed by atoms with Crippen molar-refractivity contribution < 1.29 is 9.72 Å². The summed E-state index contributed by atoms with van der Waals surface area (Å²) < 4.78 is 0. The Morgan fingerprint density at radius 1 is 1.69 bits per heavy atom. The van der Waals surface area contributed by atoms with Crippen LogP contribution in [0.4, 0.5) is 5.69 Å². The summed E-state index contributed by atoms with van der Waals surface area (Å²) >= 11 is 5.59. The summed E-state index contributed by atoms with van der Waals surface area (Å²) in [6.07, 6.45) is 1.72. The first-order chi connectivity index (χ1) is 7.56. The van der Waals surface area contributed by atoms with Crippen LogP contribution >= 0.6 is 11.6 Å². The van der Waals surface area contributed by atoms with E-state index >= 15 is 0 Å². The fraction of sp³-hybridized carbons (Fsp3) is 0.333. The molecular formula is C9H10ClN3O3. The Kier molecular flexibility index (Phi) is 4.19. The van der Waals surface area contributed by atoms with Gasteiger partial charge in [-0.2, -0.15) is 0 Å². The highest BCUT2D eigenvalue weighted by atomic mass is 35.5. The average Bonchev–Trinajstić information content (AvgIpc) is 2.25. The third-order valence-electron chi connectivity index (χ3n) is 1.83. The molecule has 0 aromatic carbocycles.